The molecule has 3 aromatic carbocycles. The number of anilines is 1. The number of aromatic nitrogens is 5. The van der Waals surface area contributed by atoms with Crippen LogP contribution in [0, 0.1) is 20.8 Å². The van der Waals surface area contributed by atoms with Gasteiger partial charge in [0.25, 0.3) is 0 Å². The van der Waals surface area contributed by atoms with E-state index in [2.05, 4.69) is 20.3 Å². The van der Waals surface area contributed by atoms with Crippen LogP contribution in [-0.2, 0) is 18.9 Å². The maximum absolute atomic E-state index is 13.8. The Bertz CT molecular complexity index is 2020. The molecule has 1 aliphatic rings. The summed E-state index contributed by atoms with van der Waals surface area (Å²) in [5.41, 5.74) is 8.27. The number of rotatable bonds is 9. The normalized spacial score (nSPS) is 20.2. The van der Waals surface area contributed by atoms with Crippen molar-refractivity contribution in [3.05, 3.63) is 112 Å². The number of nitrogens with zero attached hydrogens (tertiary/aromatic N) is 5. The molecule has 1 fully saturated rings. The molecule has 2 N–H and O–H groups in total. The standard InChI is InChI=1S/C35H34N6O7S/c1-19-6-12-22(13-7-19)31(42)45-18-25-26(47-32(43)23-14-8-20(2)9-15-23)35(4,48-33(44)24-16-10-21(3)11-17-24)27(46-25)28-38-39-29-30(49-5)37-34(36)40-41(28)29/h6-17,25-27H,18H2,1-5H3,(H2,36,40)/t25-,26-,27+,35-/m1/s1. The Kier molecular flexibility index (Phi) is 9.35. The average Bonchev–Trinajstić information content (AvgIpc) is 3.61. The Balaban J connectivity index is 1.43. The number of carbonyl (C=O) groups is 3. The molecule has 14 heteroatoms. The Labute approximate surface area is 286 Å². The van der Waals surface area contributed by atoms with Crippen LogP contribution in [0.1, 0.15) is 66.6 Å². The minimum absolute atomic E-state index is 0.0554. The minimum atomic E-state index is -1.76. The highest BCUT2D eigenvalue weighted by Crippen LogP contribution is 2.46. The number of esters is 3. The number of nitrogens with two attached hydrogens (primary N) is 1. The molecule has 2 aromatic heterocycles. The summed E-state index contributed by atoms with van der Waals surface area (Å²) in [4.78, 5) is 44.8. The summed E-state index contributed by atoms with van der Waals surface area (Å²) in [6, 6.07) is 20.5. The van der Waals surface area contributed by atoms with Crippen LogP contribution in [0.2, 0.25) is 0 Å². The monoisotopic (exact) mass is 682 g/mol. The van der Waals surface area contributed by atoms with Gasteiger partial charge in [0.15, 0.2) is 23.6 Å². The van der Waals surface area contributed by atoms with Gasteiger partial charge in [0.05, 0.1) is 16.7 Å². The zero-order valence-electron chi connectivity index (χ0n) is 27.4. The lowest BCUT2D eigenvalue weighted by Crippen LogP contribution is -2.50. The van der Waals surface area contributed by atoms with Crippen molar-refractivity contribution in [3.8, 4) is 0 Å². The van der Waals surface area contributed by atoms with Gasteiger partial charge in [0, 0.05) is 0 Å². The molecule has 252 valence electrons. The largest absolute Gasteiger partial charge is 0.459 e. The summed E-state index contributed by atoms with van der Waals surface area (Å²) >= 11 is 1.29. The second kappa shape index (κ2) is 13.6. The Hall–Kier alpha value is -5.34. The predicted molar refractivity (Wildman–Crippen MR) is 179 cm³/mol. The fraction of sp³-hybridized carbons (Fsp3) is 0.286. The molecule has 5 aromatic rings. The maximum Gasteiger partial charge on any atom is 0.338 e. The number of ether oxygens (including phenoxy) is 4. The van der Waals surface area contributed by atoms with Crippen molar-refractivity contribution in [3.63, 3.8) is 0 Å². The zero-order chi connectivity index (χ0) is 34.9. The van der Waals surface area contributed by atoms with Crippen molar-refractivity contribution < 1.29 is 33.3 Å². The van der Waals surface area contributed by atoms with Gasteiger partial charge in [-0.25, -0.2) is 19.4 Å². The molecule has 1 aliphatic heterocycles. The molecule has 0 aliphatic carbocycles. The van der Waals surface area contributed by atoms with Gasteiger partial charge in [-0.05, 0) is 70.3 Å². The number of carbonyl (C=O) groups excluding carboxylic acids is 3. The smallest absolute Gasteiger partial charge is 0.338 e. The molecule has 1 saturated heterocycles. The Morgan fingerprint density at radius 3 is 1.92 bits per heavy atom. The lowest BCUT2D eigenvalue weighted by atomic mass is 9.91. The molecule has 0 radical (unpaired) electrons. The summed E-state index contributed by atoms with van der Waals surface area (Å²) < 4.78 is 26.0. The van der Waals surface area contributed by atoms with Crippen LogP contribution in [0.4, 0.5) is 5.95 Å². The average molecular weight is 683 g/mol. The van der Waals surface area contributed by atoms with Gasteiger partial charge in [-0.3, -0.25) is 0 Å². The van der Waals surface area contributed by atoms with E-state index in [0.717, 1.165) is 16.7 Å². The SMILES string of the molecule is CSc1nc(N)nn2c([C@@H]3O[C@H](COC(=O)c4ccc(C)cc4)[C@@H](OC(=O)c4ccc(C)cc4)[C@@]3(C)OC(=O)c3ccc(C)cc3)nnc12. The van der Waals surface area contributed by atoms with Crippen LogP contribution < -0.4 is 5.73 Å². The molecule has 0 bridgehead atoms. The summed E-state index contributed by atoms with van der Waals surface area (Å²) in [5, 5.41) is 13.4. The molecule has 13 nitrogen and oxygen atoms in total. The lowest BCUT2D eigenvalue weighted by Gasteiger charge is -2.33. The number of hydrogen-bond donors (Lipinski definition) is 1. The Morgan fingerprint density at radius 2 is 1.37 bits per heavy atom. The topological polar surface area (TPSA) is 170 Å². The third kappa shape index (κ3) is 6.82. The van der Waals surface area contributed by atoms with E-state index in [4.69, 9.17) is 24.7 Å². The van der Waals surface area contributed by atoms with Crippen molar-refractivity contribution in [2.45, 2.75) is 56.6 Å². The van der Waals surface area contributed by atoms with Crippen LogP contribution in [0.5, 0.6) is 0 Å². The van der Waals surface area contributed by atoms with Gasteiger partial charge >= 0.3 is 17.9 Å². The van der Waals surface area contributed by atoms with Gasteiger partial charge in [-0.15, -0.1) is 27.1 Å². The number of hydrogen-bond acceptors (Lipinski definition) is 13. The fourth-order valence-corrected chi connectivity index (χ4v) is 6.00. The van der Waals surface area contributed by atoms with E-state index in [1.54, 1.807) is 86.0 Å². The number of nitrogen functional groups attached to an aromatic ring is 1. The zero-order valence-corrected chi connectivity index (χ0v) is 28.3. The van der Waals surface area contributed by atoms with E-state index >= 15 is 0 Å². The van der Waals surface area contributed by atoms with Crippen molar-refractivity contribution in [2.24, 2.45) is 0 Å². The lowest BCUT2D eigenvalue weighted by molar-refractivity contribution is -0.0908. The van der Waals surface area contributed by atoms with E-state index in [9.17, 15) is 14.4 Å². The highest BCUT2D eigenvalue weighted by molar-refractivity contribution is 7.98. The first-order chi connectivity index (χ1) is 23.5. The van der Waals surface area contributed by atoms with Crippen LogP contribution in [0.15, 0.2) is 77.8 Å². The molecule has 6 rings (SSSR count). The minimum Gasteiger partial charge on any atom is -0.459 e. The number of benzene rings is 3. The highest BCUT2D eigenvalue weighted by atomic mass is 32.2. The predicted octanol–water partition coefficient (Wildman–Crippen LogP) is 4.89. The molecule has 0 amide bonds. The van der Waals surface area contributed by atoms with Crippen LogP contribution in [0.3, 0.4) is 0 Å². The van der Waals surface area contributed by atoms with Gasteiger partial charge in [-0.1, -0.05) is 53.1 Å². The first-order valence-electron chi connectivity index (χ1n) is 15.4. The van der Waals surface area contributed by atoms with Crippen molar-refractivity contribution in [1.29, 1.82) is 0 Å². The molecule has 49 heavy (non-hydrogen) atoms. The second-order valence-electron chi connectivity index (χ2n) is 11.9. The van der Waals surface area contributed by atoms with Crippen LogP contribution in [0.25, 0.3) is 5.65 Å². The van der Waals surface area contributed by atoms with E-state index in [1.807, 2.05) is 20.8 Å². The summed E-state index contributed by atoms with van der Waals surface area (Å²) in [7, 11) is 0. The maximum atomic E-state index is 13.8. The van der Waals surface area contributed by atoms with Crippen LogP contribution >= 0.6 is 11.8 Å². The molecule has 0 unspecified atom stereocenters. The van der Waals surface area contributed by atoms with E-state index in [-0.39, 0.29) is 35.2 Å². The van der Waals surface area contributed by atoms with Gasteiger partial charge in [0.1, 0.15) is 17.7 Å². The van der Waals surface area contributed by atoms with Gasteiger partial charge < -0.3 is 24.7 Å². The van der Waals surface area contributed by atoms with Gasteiger partial charge in [0.2, 0.25) is 11.6 Å². The third-order valence-electron chi connectivity index (χ3n) is 8.22. The second-order valence-corrected chi connectivity index (χ2v) is 12.7. The molecule has 4 atom stereocenters. The summed E-state index contributed by atoms with van der Waals surface area (Å²) in [6.07, 6.45) is -1.87. The van der Waals surface area contributed by atoms with Gasteiger partial charge in [-0.2, -0.15) is 4.52 Å². The number of aryl methyl sites for hydroxylation is 3. The van der Waals surface area contributed by atoms with Crippen LogP contribution in [-0.4, -0.2) is 73.4 Å². The van der Waals surface area contributed by atoms with Crippen molar-refractivity contribution in [2.75, 3.05) is 18.6 Å². The number of fused-ring (bicyclic) bond motifs is 1. The molecule has 0 spiro atoms. The summed E-state index contributed by atoms with van der Waals surface area (Å²) in [5.74, 6) is -1.99. The fourth-order valence-electron chi connectivity index (χ4n) is 5.50. The molecular formula is C35H34N6O7S. The highest BCUT2D eigenvalue weighted by Gasteiger charge is 2.61. The van der Waals surface area contributed by atoms with Crippen molar-refractivity contribution >= 4 is 41.3 Å². The Morgan fingerprint density at radius 1 is 0.837 bits per heavy atom. The van der Waals surface area contributed by atoms with E-state index < -0.39 is 41.8 Å². The quantitative estimate of drug-likeness (QED) is 0.127. The van der Waals surface area contributed by atoms with Crippen molar-refractivity contribution in [1.82, 2.24) is 24.8 Å². The first kappa shape index (κ1) is 33.6. The van der Waals surface area contributed by atoms with E-state index in [0.29, 0.717) is 10.6 Å². The number of thioether (sulfide) groups is 1. The molecule has 3 heterocycles. The summed E-state index contributed by atoms with van der Waals surface area (Å²) in [6.45, 7) is 6.90. The molecule has 0 saturated carbocycles. The first-order valence-corrected chi connectivity index (χ1v) is 16.6. The molecular weight excluding hydrogens is 648 g/mol. The van der Waals surface area contributed by atoms with E-state index in [1.165, 1.54) is 16.3 Å². The third-order valence-corrected chi connectivity index (χ3v) is 8.88.